The van der Waals surface area contributed by atoms with Crippen LogP contribution in [0.3, 0.4) is 0 Å². The molecule has 158 valence electrons. The number of primary amides is 1. The second kappa shape index (κ2) is 10.5. The maximum atomic E-state index is 13.4. The summed E-state index contributed by atoms with van der Waals surface area (Å²) >= 11 is 0. The average Bonchev–Trinajstić information content (AvgIpc) is 2.72. The van der Waals surface area contributed by atoms with Gasteiger partial charge in [0.25, 0.3) is 0 Å². The number of amides is 3. The van der Waals surface area contributed by atoms with E-state index in [0.29, 0.717) is 0 Å². The molecule has 0 aliphatic heterocycles. The van der Waals surface area contributed by atoms with Crippen LogP contribution in [0.1, 0.15) is 11.1 Å². The van der Waals surface area contributed by atoms with Crippen LogP contribution in [0.5, 0.6) is 0 Å². The summed E-state index contributed by atoms with van der Waals surface area (Å²) in [6.45, 7) is -0.470. The molecule has 2 aromatic rings. The summed E-state index contributed by atoms with van der Waals surface area (Å²) in [4.78, 5) is 45.2. The van der Waals surface area contributed by atoms with Gasteiger partial charge in [0.2, 0.25) is 17.6 Å². The highest BCUT2D eigenvalue weighted by molar-refractivity contribution is 5.88. The number of nitro groups is 1. The molecular formula is C19H19FN4O6. The van der Waals surface area contributed by atoms with Gasteiger partial charge in [0.05, 0.1) is 4.92 Å². The first-order valence-corrected chi connectivity index (χ1v) is 8.72. The summed E-state index contributed by atoms with van der Waals surface area (Å²) in [5.41, 5.74) is 5.48. The first-order chi connectivity index (χ1) is 14.3. The molecule has 0 saturated heterocycles. The molecule has 0 bridgehead atoms. The van der Waals surface area contributed by atoms with Crippen LogP contribution < -0.4 is 16.4 Å². The van der Waals surface area contributed by atoms with Crippen LogP contribution in [0.15, 0.2) is 48.5 Å². The Balaban J connectivity index is 1.86. The van der Waals surface area contributed by atoms with E-state index in [0.717, 1.165) is 17.7 Å². The minimum atomic E-state index is -1.22. The van der Waals surface area contributed by atoms with E-state index >= 15 is 0 Å². The Labute approximate surface area is 170 Å². The SMILES string of the molecule is NC(=O)[C@H](Cc1ccc(F)c([N+](=O)[O-])c1)NC(=O)CNC(=O)OCc1ccccc1. The van der Waals surface area contributed by atoms with E-state index < -0.39 is 46.9 Å². The van der Waals surface area contributed by atoms with E-state index in [1.165, 1.54) is 6.07 Å². The average molecular weight is 418 g/mol. The van der Waals surface area contributed by atoms with E-state index in [9.17, 15) is 28.9 Å². The van der Waals surface area contributed by atoms with Crippen molar-refractivity contribution in [2.75, 3.05) is 6.54 Å². The Kier molecular flexibility index (Phi) is 7.80. The summed E-state index contributed by atoms with van der Waals surface area (Å²) in [6, 6.07) is 10.8. The molecule has 30 heavy (non-hydrogen) atoms. The number of hydrogen-bond acceptors (Lipinski definition) is 6. The van der Waals surface area contributed by atoms with Crippen molar-refractivity contribution < 1.29 is 28.4 Å². The number of hydrogen-bond donors (Lipinski definition) is 3. The zero-order valence-electron chi connectivity index (χ0n) is 15.7. The van der Waals surface area contributed by atoms with Gasteiger partial charge in [-0.25, -0.2) is 4.79 Å². The lowest BCUT2D eigenvalue weighted by molar-refractivity contribution is -0.387. The van der Waals surface area contributed by atoms with Crippen LogP contribution in [-0.2, 0) is 27.4 Å². The van der Waals surface area contributed by atoms with E-state index in [4.69, 9.17) is 10.5 Å². The van der Waals surface area contributed by atoms with Gasteiger partial charge < -0.3 is 21.1 Å². The van der Waals surface area contributed by atoms with Crippen molar-refractivity contribution in [3.05, 3.63) is 75.6 Å². The van der Waals surface area contributed by atoms with Crippen molar-refractivity contribution in [2.24, 2.45) is 5.73 Å². The predicted molar refractivity (Wildman–Crippen MR) is 103 cm³/mol. The molecule has 0 aliphatic carbocycles. The van der Waals surface area contributed by atoms with Gasteiger partial charge in [0.1, 0.15) is 19.2 Å². The van der Waals surface area contributed by atoms with Crippen LogP contribution >= 0.6 is 0 Å². The second-order valence-electron chi connectivity index (χ2n) is 6.18. The van der Waals surface area contributed by atoms with Crippen molar-refractivity contribution in [2.45, 2.75) is 19.1 Å². The van der Waals surface area contributed by atoms with E-state index in [1.54, 1.807) is 24.3 Å². The number of nitrogens with two attached hydrogens (primary N) is 1. The Hall–Kier alpha value is -4.02. The Morgan fingerprint density at radius 3 is 2.47 bits per heavy atom. The number of halogens is 1. The standard InChI is InChI=1S/C19H19FN4O6/c20-14-7-6-13(9-16(14)24(28)29)8-15(18(21)26)23-17(25)10-22-19(27)30-11-12-4-2-1-3-5-12/h1-7,9,15H,8,10-11H2,(H2,21,26)(H,22,27)(H,23,25)/t15-/m0/s1. The number of nitro benzene ring substituents is 1. The fourth-order valence-corrected chi connectivity index (χ4v) is 2.46. The first-order valence-electron chi connectivity index (χ1n) is 8.72. The van der Waals surface area contributed by atoms with Gasteiger partial charge in [-0.15, -0.1) is 0 Å². The zero-order valence-corrected chi connectivity index (χ0v) is 15.7. The fourth-order valence-electron chi connectivity index (χ4n) is 2.46. The summed E-state index contributed by atoms with van der Waals surface area (Å²) in [7, 11) is 0. The number of rotatable bonds is 9. The third-order valence-electron chi connectivity index (χ3n) is 3.93. The van der Waals surface area contributed by atoms with Crippen molar-refractivity contribution in [1.82, 2.24) is 10.6 Å². The van der Waals surface area contributed by atoms with Crippen LogP contribution in [0, 0.1) is 15.9 Å². The maximum Gasteiger partial charge on any atom is 0.407 e. The number of alkyl carbamates (subject to hydrolysis) is 1. The highest BCUT2D eigenvalue weighted by atomic mass is 19.1. The quantitative estimate of drug-likeness (QED) is 0.410. The van der Waals surface area contributed by atoms with Gasteiger partial charge >= 0.3 is 11.8 Å². The van der Waals surface area contributed by atoms with Crippen molar-refractivity contribution in [1.29, 1.82) is 0 Å². The smallest absolute Gasteiger partial charge is 0.407 e. The Morgan fingerprint density at radius 2 is 1.83 bits per heavy atom. The number of nitrogens with one attached hydrogen (secondary N) is 2. The van der Waals surface area contributed by atoms with Crippen LogP contribution in [0.4, 0.5) is 14.9 Å². The molecule has 11 heteroatoms. The fraction of sp³-hybridized carbons (Fsp3) is 0.211. The van der Waals surface area contributed by atoms with Crippen molar-refractivity contribution >= 4 is 23.6 Å². The van der Waals surface area contributed by atoms with Gasteiger partial charge in [-0.05, 0) is 17.2 Å². The van der Waals surface area contributed by atoms with Crippen LogP contribution in [0.2, 0.25) is 0 Å². The molecule has 0 aromatic heterocycles. The van der Waals surface area contributed by atoms with Crippen molar-refractivity contribution in [3.8, 4) is 0 Å². The molecule has 2 aromatic carbocycles. The van der Waals surface area contributed by atoms with Crippen LogP contribution in [-0.4, -0.2) is 35.4 Å². The number of nitrogens with zero attached hydrogens (tertiary/aromatic N) is 1. The maximum absolute atomic E-state index is 13.4. The summed E-state index contributed by atoms with van der Waals surface area (Å²) in [5, 5.41) is 15.4. The Bertz CT molecular complexity index is 938. The van der Waals surface area contributed by atoms with Gasteiger partial charge in [-0.1, -0.05) is 36.4 Å². The minimum absolute atomic E-state index is 0.0154. The molecule has 2 rings (SSSR count). The number of carbonyl (C=O) groups excluding carboxylic acids is 3. The predicted octanol–water partition coefficient (Wildman–Crippen LogP) is 1.17. The second-order valence-corrected chi connectivity index (χ2v) is 6.18. The topological polar surface area (TPSA) is 154 Å². The summed E-state index contributed by atoms with van der Waals surface area (Å²) in [6.07, 6.45) is -1.03. The number of benzene rings is 2. The normalized spacial score (nSPS) is 11.2. The lowest BCUT2D eigenvalue weighted by Gasteiger charge is -2.16. The third kappa shape index (κ3) is 6.86. The zero-order chi connectivity index (χ0) is 22.1. The lowest BCUT2D eigenvalue weighted by atomic mass is 10.0. The molecule has 10 nitrogen and oxygen atoms in total. The van der Waals surface area contributed by atoms with Crippen molar-refractivity contribution in [3.63, 3.8) is 0 Å². The molecule has 4 N–H and O–H groups in total. The monoisotopic (exact) mass is 418 g/mol. The van der Waals surface area contributed by atoms with E-state index in [-0.39, 0.29) is 18.6 Å². The van der Waals surface area contributed by atoms with E-state index in [2.05, 4.69) is 10.6 Å². The van der Waals surface area contributed by atoms with Crippen LogP contribution in [0.25, 0.3) is 0 Å². The molecular weight excluding hydrogens is 399 g/mol. The minimum Gasteiger partial charge on any atom is -0.445 e. The molecule has 0 radical (unpaired) electrons. The Morgan fingerprint density at radius 1 is 1.13 bits per heavy atom. The van der Waals surface area contributed by atoms with E-state index in [1.807, 2.05) is 6.07 Å². The highest BCUT2D eigenvalue weighted by Crippen LogP contribution is 2.19. The molecule has 1 atom stereocenters. The first kappa shape index (κ1) is 22.3. The molecule has 0 aliphatic rings. The molecule has 0 spiro atoms. The van der Waals surface area contributed by atoms with Gasteiger partial charge in [-0.2, -0.15) is 4.39 Å². The summed E-state index contributed by atoms with van der Waals surface area (Å²) in [5.74, 6) is -2.66. The number of ether oxygens (including phenoxy) is 1. The molecule has 0 fully saturated rings. The molecule has 0 saturated carbocycles. The molecule has 0 unspecified atom stereocenters. The lowest BCUT2D eigenvalue weighted by Crippen LogP contribution is -2.49. The summed E-state index contributed by atoms with van der Waals surface area (Å²) < 4.78 is 18.4. The molecule has 0 heterocycles. The molecule has 3 amide bonds. The largest absolute Gasteiger partial charge is 0.445 e. The highest BCUT2D eigenvalue weighted by Gasteiger charge is 2.21. The third-order valence-corrected chi connectivity index (χ3v) is 3.93. The van der Waals surface area contributed by atoms with Gasteiger partial charge in [0, 0.05) is 12.5 Å². The van der Waals surface area contributed by atoms with Gasteiger partial charge in [0.15, 0.2) is 0 Å². The van der Waals surface area contributed by atoms with Gasteiger partial charge in [-0.3, -0.25) is 19.7 Å². The number of carbonyl (C=O) groups is 3.